The third-order valence-electron chi connectivity index (χ3n) is 3.26. The van der Waals surface area contributed by atoms with E-state index in [-0.39, 0.29) is 6.04 Å². The summed E-state index contributed by atoms with van der Waals surface area (Å²) >= 11 is 0. The molecule has 0 aliphatic rings. The molecule has 1 atom stereocenters. The van der Waals surface area contributed by atoms with E-state index in [1.807, 2.05) is 19.2 Å². The highest BCUT2D eigenvalue weighted by Crippen LogP contribution is 2.22. The van der Waals surface area contributed by atoms with Crippen molar-refractivity contribution in [1.82, 2.24) is 10.4 Å². The number of hydrogen-bond donors (Lipinski definition) is 2. The molecule has 0 aliphatic heterocycles. The van der Waals surface area contributed by atoms with Gasteiger partial charge in [-0.2, -0.15) is 0 Å². The molecule has 0 fully saturated rings. The zero-order valence-corrected chi connectivity index (χ0v) is 11.6. The molecule has 0 radical (unpaired) electrons. The molecular weight excluding hydrogens is 234 g/mol. The molecule has 0 saturated heterocycles. The van der Waals surface area contributed by atoms with Crippen molar-refractivity contribution in [3.05, 3.63) is 65.0 Å². The van der Waals surface area contributed by atoms with Crippen molar-refractivity contribution in [3.63, 3.8) is 0 Å². The Bertz CT molecular complexity index is 520. The van der Waals surface area contributed by atoms with Crippen molar-refractivity contribution in [1.29, 1.82) is 0 Å². The number of nitrogens with zero attached hydrogens (tertiary/aromatic N) is 1. The summed E-state index contributed by atoms with van der Waals surface area (Å²) in [5.74, 6) is 5.72. The van der Waals surface area contributed by atoms with Crippen molar-refractivity contribution >= 4 is 0 Å². The molecule has 3 heteroatoms. The molecule has 1 aromatic heterocycles. The fraction of sp³-hybridized carbons (Fsp3) is 0.312. The maximum Gasteiger partial charge on any atom is 0.0725 e. The van der Waals surface area contributed by atoms with Gasteiger partial charge in [0, 0.05) is 11.9 Å². The molecule has 0 amide bonds. The molecule has 0 spiro atoms. The van der Waals surface area contributed by atoms with Crippen LogP contribution in [0.4, 0.5) is 0 Å². The van der Waals surface area contributed by atoms with E-state index in [1.54, 1.807) is 0 Å². The summed E-state index contributed by atoms with van der Waals surface area (Å²) in [4.78, 5) is 4.34. The van der Waals surface area contributed by atoms with Crippen LogP contribution in [0.3, 0.4) is 0 Å². The average molecular weight is 255 g/mol. The number of nitrogens with one attached hydrogen (secondary N) is 1. The average Bonchev–Trinajstić information content (AvgIpc) is 2.43. The minimum absolute atomic E-state index is 0.00935. The Hall–Kier alpha value is -1.71. The molecule has 0 saturated carbocycles. The molecular formula is C16H21N3. The quantitative estimate of drug-likeness (QED) is 0.638. The molecule has 1 aromatic carbocycles. The Morgan fingerprint density at radius 1 is 1.21 bits per heavy atom. The second-order valence-electron chi connectivity index (χ2n) is 4.83. The summed E-state index contributed by atoms with van der Waals surface area (Å²) < 4.78 is 0. The Morgan fingerprint density at radius 3 is 2.68 bits per heavy atom. The third-order valence-corrected chi connectivity index (χ3v) is 3.26. The third kappa shape index (κ3) is 3.40. The number of pyridine rings is 1. The van der Waals surface area contributed by atoms with Gasteiger partial charge in [0.15, 0.2) is 0 Å². The number of hydrogen-bond acceptors (Lipinski definition) is 3. The van der Waals surface area contributed by atoms with Crippen molar-refractivity contribution in [2.75, 3.05) is 0 Å². The van der Waals surface area contributed by atoms with Crippen LogP contribution in [-0.2, 0) is 6.42 Å². The number of hydrazine groups is 1. The molecule has 3 N–H and O–H groups in total. The monoisotopic (exact) mass is 255 g/mol. The van der Waals surface area contributed by atoms with Gasteiger partial charge >= 0.3 is 0 Å². The largest absolute Gasteiger partial charge is 0.271 e. The van der Waals surface area contributed by atoms with Crippen LogP contribution in [0.5, 0.6) is 0 Å². The predicted octanol–water partition coefficient (Wildman–Crippen LogP) is 2.90. The second kappa shape index (κ2) is 6.45. The van der Waals surface area contributed by atoms with Gasteiger partial charge < -0.3 is 0 Å². The van der Waals surface area contributed by atoms with Crippen LogP contribution in [0.15, 0.2) is 42.6 Å². The van der Waals surface area contributed by atoms with Gasteiger partial charge in [-0.05, 0) is 36.1 Å². The highest BCUT2D eigenvalue weighted by molar-refractivity contribution is 5.33. The van der Waals surface area contributed by atoms with Gasteiger partial charge in [-0.25, -0.2) is 5.43 Å². The van der Waals surface area contributed by atoms with Crippen LogP contribution in [0.1, 0.15) is 41.8 Å². The minimum Gasteiger partial charge on any atom is -0.271 e. The van der Waals surface area contributed by atoms with Gasteiger partial charge in [0.05, 0.1) is 6.04 Å². The van der Waals surface area contributed by atoms with Gasteiger partial charge in [0.25, 0.3) is 0 Å². The van der Waals surface area contributed by atoms with Gasteiger partial charge in [0.2, 0.25) is 0 Å². The van der Waals surface area contributed by atoms with Crippen LogP contribution in [0, 0.1) is 6.92 Å². The first kappa shape index (κ1) is 13.7. The fourth-order valence-corrected chi connectivity index (χ4v) is 2.25. The van der Waals surface area contributed by atoms with Crippen LogP contribution < -0.4 is 11.3 Å². The lowest BCUT2D eigenvalue weighted by Crippen LogP contribution is -2.29. The van der Waals surface area contributed by atoms with Gasteiger partial charge in [-0.3, -0.25) is 10.8 Å². The molecule has 2 aromatic rings. The molecule has 19 heavy (non-hydrogen) atoms. The Kier molecular flexibility index (Phi) is 4.66. The number of aryl methyl sites for hydroxylation is 2. The molecule has 0 bridgehead atoms. The van der Waals surface area contributed by atoms with E-state index in [1.165, 1.54) is 11.1 Å². The smallest absolute Gasteiger partial charge is 0.0725 e. The molecule has 1 unspecified atom stereocenters. The maximum atomic E-state index is 5.72. The number of nitrogens with two attached hydrogens (primary N) is 1. The predicted molar refractivity (Wildman–Crippen MR) is 78.6 cm³/mol. The topological polar surface area (TPSA) is 50.9 Å². The Labute approximate surface area is 114 Å². The molecule has 100 valence electrons. The first-order valence-electron chi connectivity index (χ1n) is 6.72. The van der Waals surface area contributed by atoms with E-state index in [0.29, 0.717) is 0 Å². The molecule has 1 heterocycles. The van der Waals surface area contributed by atoms with E-state index in [9.17, 15) is 0 Å². The normalized spacial score (nSPS) is 12.4. The summed E-state index contributed by atoms with van der Waals surface area (Å²) in [5, 5.41) is 0. The zero-order valence-electron chi connectivity index (χ0n) is 11.6. The van der Waals surface area contributed by atoms with E-state index < -0.39 is 0 Å². The van der Waals surface area contributed by atoms with Crippen molar-refractivity contribution in [2.45, 2.75) is 32.7 Å². The standard InChI is InChI=1S/C16H21N3/c1-3-5-13-6-4-7-14(10-13)16(19-17)15-9-8-12(2)18-11-15/h4,6-11,16,19H,3,5,17H2,1-2H3. The summed E-state index contributed by atoms with van der Waals surface area (Å²) in [6.45, 7) is 4.17. The first-order chi connectivity index (χ1) is 9.24. The molecule has 0 aliphatic carbocycles. The highest BCUT2D eigenvalue weighted by atomic mass is 15.2. The summed E-state index contributed by atoms with van der Waals surface area (Å²) in [5.41, 5.74) is 7.51. The summed E-state index contributed by atoms with van der Waals surface area (Å²) in [6.07, 6.45) is 4.12. The minimum atomic E-state index is -0.00935. The molecule has 2 rings (SSSR count). The van der Waals surface area contributed by atoms with E-state index in [4.69, 9.17) is 5.84 Å². The number of aromatic nitrogens is 1. The maximum absolute atomic E-state index is 5.72. The summed E-state index contributed by atoms with van der Waals surface area (Å²) in [6, 6.07) is 12.6. The lowest BCUT2D eigenvalue weighted by molar-refractivity contribution is 0.633. The number of rotatable bonds is 5. The van der Waals surface area contributed by atoms with Gasteiger partial charge in [-0.1, -0.05) is 43.7 Å². The van der Waals surface area contributed by atoms with Gasteiger partial charge in [0.1, 0.15) is 0 Å². The van der Waals surface area contributed by atoms with Crippen molar-refractivity contribution in [3.8, 4) is 0 Å². The highest BCUT2D eigenvalue weighted by Gasteiger charge is 2.12. The Morgan fingerprint density at radius 2 is 2.05 bits per heavy atom. The van der Waals surface area contributed by atoms with Crippen LogP contribution >= 0.6 is 0 Å². The van der Waals surface area contributed by atoms with E-state index in [0.717, 1.165) is 24.1 Å². The first-order valence-corrected chi connectivity index (χ1v) is 6.72. The lowest BCUT2D eigenvalue weighted by Gasteiger charge is -2.17. The van der Waals surface area contributed by atoms with Crippen molar-refractivity contribution in [2.24, 2.45) is 5.84 Å². The SMILES string of the molecule is CCCc1cccc(C(NN)c2ccc(C)nc2)c1. The summed E-state index contributed by atoms with van der Waals surface area (Å²) in [7, 11) is 0. The van der Waals surface area contributed by atoms with E-state index >= 15 is 0 Å². The number of benzene rings is 1. The van der Waals surface area contributed by atoms with Crippen LogP contribution in [-0.4, -0.2) is 4.98 Å². The van der Waals surface area contributed by atoms with E-state index in [2.05, 4.69) is 47.7 Å². The zero-order chi connectivity index (χ0) is 13.7. The van der Waals surface area contributed by atoms with Gasteiger partial charge in [-0.15, -0.1) is 0 Å². The van der Waals surface area contributed by atoms with Crippen LogP contribution in [0.25, 0.3) is 0 Å². The second-order valence-corrected chi connectivity index (χ2v) is 4.83. The van der Waals surface area contributed by atoms with Crippen LogP contribution in [0.2, 0.25) is 0 Å². The lowest BCUT2D eigenvalue weighted by atomic mass is 9.97. The van der Waals surface area contributed by atoms with Crippen molar-refractivity contribution < 1.29 is 0 Å². The molecule has 3 nitrogen and oxygen atoms in total. The fourth-order valence-electron chi connectivity index (χ4n) is 2.25. The Balaban J connectivity index is 2.30.